The van der Waals surface area contributed by atoms with Crippen molar-refractivity contribution >= 4 is 0 Å². The number of phenolic OH excluding ortho intramolecular Hbond substituents is 4. The number of aromatic hydroxyl groups is 4. The summed E-state index contributed by atoms with van der Waals surface area (Å²) >= 11 is 0. The Labute approximate surface area is 865 Å². The molecule has 6 nitrogen and oxygen atoms in total. The van der Waals surface area contributed by atoms with Gasteiger partial charge in [0, 0.05) is 118 Å². The number of benzene rings is 8. The van der Waals surface area contributed by atoms with E-state index >= 15 is 13.2 Å². The summed E-state index contributed by atoms with van der Waals surface area (Å²) in [4.78, 5) is 10.9. The number of hydrogen-bond donors (Lipinski definition) is 4. The summed E-state index contributed by atoms with van der Waals surface area (Å²) in [5.41, 5.74) is 24.1. The Morgan fingerprint density at radius 2 is 0.471 bits per heavy atom. The fourth-order valence-electron chi connectivity index (χ4n) is 31.1. The van der Waals surface area contributed by atoms with Gasteiger partial charge in [-0.15, -0.1) is 0 Å². The Kier molecular flexibility index (Phi) is 28.8. The first kappa shape index (κ1) is 105. The van der Waals surface area contributed by atoms with E-state index in [1.807, 2.05) is 24.3 Å². The molecule has 0 amide bonds. The van der Waals surface area contributed by atoms with Crippen molar-refractivity contribution in [1.29, 1.82) is 0 Å². The van der Waals surface area contributed by atoms with Gasteiger partial charge in [0.05, 0.1) is 28.3 Å². The van der Waals surface area contributed by atoms with Crippen molar-refractivity contribution in [2.45, 2.75) is 340 Å². The molecule has 16 saturated carbocycles. The van der Waals surface area contributed by atoms with Gasteiger partial charge in [-0.25, -0.2) is 9.97 Å². The zero-order valence-electron chi connectivity index (χ0n) is 87.3. The van der Waals surface area contributed by atoms with E-state index in [4.69, 9.17) is 9.97 Å². The van der Waals surface area contributed by atoms with Crippen molar-refractivity contribution in [3.8, 4) is 113 Å². The summed E-state index contributed by atoms with van der Waals surface area (Å²) in [6.07, 6.45) is 25.0. The molecule has 8 aromatic carbocycles. The molecule has 4 N–H and O–H groups in total. The van der Waals surface area contributed by atoms with Crippen LogP contribution in [0.1, 0.15) is 349 Å². The fourth-order valence-corrected chi connectivity index (χ4v) is 31.1. The van der Waals surface area contributed by atoms with Gasteiger partial charge in [0.2, 0.25) is 0 Å². The van der Waals surface area contributed by atoms with Crippen LogP contribution in [0.3, 0.4) is 0 Å². The zero-order valence-corrected chi connectivity index (χ0v) is 94.5. The van der Waals surface area contributed by atoms with Crippen molar-refractivity contribution in [2.24, 2.45) is 71.0 Å². The summed E-state index contributed by atoms with van der Waals surface area (Å²) in [5.74, 6) is 10.4. The average Bonchev–Trinajstić information content (AvgIpc) is 0.728. The molecule has 16 fully saturated rings. The smallest absolute Gasteiger partial charge is 0.416 e. The summed E-state index contributed by atoms with van der Waals surface area (Å²) in [6.45, 7) is 39.9. The van der Waals surface area contributed by atoms with Crippen molar-refractivity contribution < 1.29 is 85.3 Å². The van der Waals surface area contributed by atoms with Crippen molar-refractivity contribution in [3.63, 3.8) is 0 Å². The second-order valence-electron chi connectivity index (χ2n) is 51.0. The summed E-state index contributed by atoms with van der Waals surface area (Å²) in [6, 6.07) is 52.5. The molecule has 2 heterocycles. The van der Waals surface area contributed by atoms with Crippen molar-refractivity contribution in [2.75, 3.05) is 0 Å². The van der Waals surface area contributed by atoms with Gasteiger partial charge in [-0.3, -0.25) is 0 Å². The Morgan fingerprint density at radius 3 is 0.681 bits per heavy atom. The van der Waals surface area contributed by atoms with Crippen LogP contribution in [-0.2, 0) is 101 Å². The average molecular weight is 2190 g/mol. The van der Waals surface area contributed by atoms with E-state index < -0.39 is 11.7 Å². The molecule has 26 rings (SSSR count). The molecule has 0 unspecified atom stereocenters. The van der Waals surface area contributed by atoms with Crippen LogP contribution in [0.2, 0.25) is 0 Å². The second kappa shape index (κ2) is 37.8. The largest absolute Gasteiger partial charge is 0.507 e. The van der Waals surface area contributed by atoms with Crippen LogP contribution in [0.5, 0.6) is 23.0 Å². The third-order valence-corrected chi connectivity index (χ3v) is 36.3. The number of aryl methyl sites for hydroxylation is 2. The molecule has 16 aliphatic carbocycles. The number of alkyl halides is 3. The number of pyridine rings is 2. The molecular formula is C127H157F3Hf2N2O4-4. The quantitative estimate of drug-likeness (QED) is 0.0638. The molecule has 138 heavy (non-hydrogen) atoms. The Hall–Kier alpha value is -7.21. The van der Waals surface area contributed by atoms with Gasteiger partial charge in [-0.1, -0.05) is 201 Å². The standard InChI is InChI=1S/C64H76F3NO2.C59H69NO2.4CH3.2Hf/c1-35(2)43-11-13-48(52-23-45(60(5,6)7)25-54(58(52)69)62-29-37-15-38(30-62)17-39(16-37)31-62)50(21-43)56-27-47(64(65,66)67)28-57(68-56)51-22-44(36(3)4)12-14-49(51)53-24-46(61(8,9)10)26-55(59(53)70)63-32-40-18-41(33-63)20-42(19-40)34-63;1-34-12-14-44(48-24-42(56(3,4)5)26-50(54(48)61)58-28-36-18-37(29-58)20-38(19-36)30-58)46(16-34)52-10-9-11-53(60-52)47-17-35(2)13-15-45(47)49-25-43(57(6,7)8)27-51(55(49)62)59-31-39-21-40(32-59)23-41(22-39)33-59;;;;;;/h11-14,21-28,35-42,69-70H,15-20,29-34H2,1-10H3;9-17,24-27,36-41,61-62H,18-23,28-33H2,1-8H3;4*1H3;;/q;;4*-1;;. The first-order chi connectivity index (χ1) is 62.3. The van der Waals surface area contributed by atoms with Crippen LogP contribution in [0.4, 0.5) is 13.2 Å². The number of rotatable bonds is 14. The first-order valence-electron chi connectivity index (χ1n) is 51.4. The summed E-state index contributed by atoms with van der Waals surface area (Å²) in [5, 5.41) is 51.2. The molecule has 0 aliphatic heterocycles. The molecule has 2 aromatic heterocycles. The number of halogens is 3. The van der Waals surface area contributed by atoms with E-state index in [0.717, 1.165) is 152 Å². The second-order valence-corrected chi connectivity index (χ2v) is 51.0. The minimum atomic E-state index is -4.68. The maximum absolute atomic E-state index is 15.7. The number of phenols is 4. The zero-order chi connectivity index (χ0) is 92.7. The van der Waals surface area contributed by atoms with Crippen LogP contribution >= 0.6 is 0 Å². The van der Waals surface area contributed by atoms with E-state index in [2.05, 4.69) is 240 Å². The third-order valence-electron chi connectivity index (χ3n) is 36.3. The van der Waals surface area contributed by atoms with Crippen LogP contribution in [0.15, 0.2) is 152 Å². The molecule has 11 heteroatoms. The Bertz CT molecular complexity index is 5770. The maximum Gasteiger partial charge on any atom is 0.416 e. The van der Waals surface area contributed by atoms with E-state index in [1.165, 1.54) is 161 Å². The van der Waals surface area contributed by atoms with E-state index in [0.29, 0.717) is 80.4 Å². The molecule has 732 valence electrons. The molecule has 0 atom stereocenters. The molecule has 16 bridgehead atoms. The third kappa shape index (κ3) is 19.0. The predicted octanol–water partition coefficient (Wildman–Crippen LogP) is 35.1. The summed E-state index contributed by atoms with van der Waals surface area (Å²) < 4.78 is 47.0. The molecule has 16 aliphatic rings. The normalized spacial score (nSPS) is 27.6. The van der Waals surface area contributed by atoms with Crippen LogP contribution in [0, 0.1) is 115 Å². The number of hydrogen-bond acceptors (Lipinski definition) is 6. The minimum absolute atomic E-state index is 0. The first-order valence-corrected chi connectivity index (χ1v) is 51.4. The SMILES string of the molecule is CC(C)c1ccc(-c2cc(C(C)(C)C)cc(C34CC5CC(CC(C5)C3)C4)c2O)c(-c2cc(C(F)(F)F)cc(-c3cc(C(C)C)ccc3-c3cc(C(C)(C)C)cc(C45CC6CC(CC(C6)C4)C5)c3O)n2)c1.Cc1ccc(-c2cc(C(C)(C)C)cc(C34CC5CC(CC(C5)C3)C4)c2O)c(-c2cccc(-c3cc(C)ccc3-c3cc(C(C)(C)C)cc(C45CC6CC(CC(C6)C4)C5)c3O)n2)c1.[CH3-].[CH3-].[CH3-].[CH3-].[Hf].[Hf]. The fraction of sp³-hybridized carbons (Fsp3) is 0.512. The molecular weight excluding hydrogens is 2030 g/mol. The van der Waals surface area contributed by atoms with Crippen LogP contribution in [0.25, 0.3) is 89.5 Å². The Balaban J connectivity index is 0.000000202. The predicted molar refractivity (Wildman–Crippen MR) is 561 cm³/mol. The van der Waals surface area contributed by atoms with Gasteiger partial charge in [0.1, 0.15) is 23.0 Å². The maximum atomic E-state index is 15.7. The van der Waals surface area contributed by atoms with E-state index in [-0.39, 0.29) is 159 Å². The van der Waals surface area contributed by atoms with Crippen molar-refractivity contribution in [1.82, 2.24) is 9.97 Å². The molecule has 0 spiro atoms. The van der Waals surface area contributed by atoms with Crippen LogP contribution < -0.4 is 0 Å². The molecule has 10 aromatic rings. The van der Waals surface area contributed by atoms with Gasteiger partial charge >= 0.3 is 6.18 Å². The molecule has 0 radical (unpaired) electrons. The van der Waals surface area contributed by atoms with Gasteiger partial charge < -0.3 is 50.1 Å². The summed E-state index contributed by atoms with van der Waals surface area (Å²) in [7, 11) is 0. The van der Waals surface area contributed by atoms with Gasteiger partial charge in [0.15, 0.2) is 0 Å². The Morgan fingerprint density at radius 1 is 0.261 bits per heavy atom. The van der Waals surface area contributed by atoms with E-state index in [1.54, 1.807) is 0 Å². The number of aromatic nitrogens is 2. The van der Waals surface area contributed by atoms with Crippen molar-refractivity contribution in [3.05, 3.63) is 254 Å². The topological polar surface area (TPSA) is 107 Å². The van der Waals surface area contributed by atoms with E-state index in [9.17, 15) is 20.4 Å². The van der Waals surface area contributed by atoms with Crippen LogP contribution in [-0.4, -0.2) is 30.4 Å². The van der Waals surface area contributed by atoms with Gasteiger partial charge in [0.25, 0.3) is 0 Å². The molecule has 0 saturated heterocycles. The minimum Gasteiger partial charge on any atom is -0.507 e. The number of nitrogens with zero attached hydrogens (tertiary/aromatic N) is 2. The monoisotopic (exact) mass is 2190 g/mol. The van der Waals surface area contributed by atoms with Gasteiger partial charge in [-0.05, 0) is 423 Å². The van der Waals surface area contributed by atoms with Gasteiger partial charge in [-0.2, -0.15) is 13.2 Å².